The smallest absolute Gasteiger partial charge is 0.305 e. The van der Waals surface area contributed by atoms with Gasteiger partial charge in [-0.2, -0.15) is 4.98 Å². The number of anilines is 2. The average Bonchev–Trinajstić information content (AvgIpc) is 3.25. The highest BCUT2D eigenvalue weighted by molar-refractivity contribution is 7.81. The number of fused-ring (bicyclic) bond motifs is 1. The highest BCUT2D eigenvalue weighted by Crippen LogP contribution is 2.64. The molecule has 0 bridgehead atoms. The minimum atomic E-state index is -2.10. The van der Waals surface area contributed by atoms with Gasteiger partial charge in [0.2, 0.25) is 0 Å². The third kappa shape index (κ3) is 6.75. The van der Waals surface area contributed by atoms with Gasteiger partial charge in [0.05, 0.1) is 22.8 Å². The van der Waals surface area contributed by atoms with Crippen LogP contribution in [0.25, 0.3) is 22.9 Å². The minimum Gasteiger partial charge on any atom is -0.305 e. The van der Waals surface area contributed by atoms with E-state index in [0.717, 1.165) is 0 Å². The molecule has 1 fully saturated rings. The molecule has 1 aliphatic heterocycles. The van der Waals surface area contributed by atoms with Crippen molar-refractivity contribution < 1.29 is 9.59 Å². The number of nitrogens with one attached hydrogen (secondary N) is 1. The van der Waals surface area contributed by atoms with Crippen LogP contribution in [0.3, 0.4) is 0 Å². The van der Waals surface area contributed by atoms with Crippen LogP contribution >= 0.6 is 58.6 Å². The summed E-state index contributed by atoms with van der Waals surface area (Å²) in [5.41, 5.74) is 2.05. The van der Waals surface area contributed by atoms with E-state index in [0.29, 0.717) is 70.5 Å². The van der Waals surface area contributed by atoms with Crippen LogP contribution in [-0.2, 0) is 9.59 Å². The summed E-state index contributed by atoms with van der Waals surface area (Å²) in [7, 11) is 0. The van der Waals surface area contributed by atoms with Gasteiger partial charge in [-0.3, -0.25) is 19.4 Å². The second kappa shape index (κ2) is 16.0. The van der Waals surface area contributed by atoms with Crippen molar-refractivity contribution in [1.82, 2.24) is 9.97 Å². The molecular weight excluding hydrogens is 854 g/mol. The van der Waals surface area contributed by atoms with E-state index in [9.17, 15) is 4.79 Å². The number of nitrogens with zero attached hydrogens (tertiary/aromatic N) is 3. The Balaban J connectivity index is 1.51. The van der Waals surface area contributed by atoms with Gasteiger partial charge in [-0.15, -0.1) is 0 Å². The Hall–Kier alpha value is -5.87. The first-order valence-electron chi connectivity index (χ1n) is 18.8. The summed E-state index contributed by atoms with van der Waals surface area (Å²) in [4.78, 5) is 57.8. The van der Waals surface area contributed by atoms with Gasteiger partial charge in [-0.25, -0.2) is 4.79 Å². The molecule has 2 amide bonds. The molecule has 1 aromatic heterocycles. The summed E-state index contributed by atoms with van der Waals surface area (Å²) in [6.45, 7) is 0. The fourth-order valence-electron chi connectivity index (χ4n) is 8.52. The molecule has 2 heterocycles. The summed E-state index contributed by atoms with van der Waals surface area (Å²) in [5.74, 6) is -3.43. The van der Waals surface area contributed by atoms with Crippen molar-refractivity contribution in [2.75, 3.05) is 9.80 Å². The van der Waals surface area contributed by atoms with Crippen LogP contribution in [0.5, 0.6) is 0 Å². The fourth-order valence-corrected chi connectivity index (χ4v) is 9.40. The SMILES string of the molecule is O=C1N(c2ccccc2)C(=S)N(c2ccccc2)C(=O)C12C(c1ccc(Cl)cc1)/C(=C/c1ccc(Cl)cc1)c1nc(=O)[nH]c(-c3ccc(Cl)cc3)c1C2c1ccc(Cl)cc1. The van der Waals surface area contributed by atoms with E-state index in [1.807, 2.05) is 54.6 Å². The predicted octanol–water partition coefficient (Wildman–Crippen LogP) is 11.9. The molecule has 2 aliphatic rings. The number of H-pyrrole nitrogens is 1. The van der Waals surface area contributed by atoms with E-state index in [1.165, 1.54) is 9.80 Å². The standard InChI is InChI=1S/C48H30Cl4N4O3S/c49-32-19-11-28(12-20-32)27-38-40(29-13-21-33(50)22-14-29)48(44(57)55(36-7-3-1-4-8-36)47(60)56(45(48)58)37-9-5-2-6-10-37)41(30-15-23-34(51)24-16-30)39-42(53-46(59)54-43(38)39)31-17-25-35(52)26-18-31/h1-27,40-41H,(H,53,54,59)/b38-27-. The Morgan fingerprint density at radius 3 is 1.48 bits per heavy atom. The number of para-hydroxylation sites is 2. The highest BCUT2D eigenvalue weighted by Gasteiger charge is 2.69. The zero-order valence-corrected chi connectivity index (χ0v) is 35.1. The van der Waals surface area contributed by atoms with Crippen LogP contribution in [0.4, 0.5) is 11.4 Å². The van der Waals surface area contributed by atoms with Crippen molar-refractivity contribution >= 4 is 98.6 Å². The fraction of sp³-hybridized carbons (Fsp3) is 0.0625. The van der Waals surface area contributed by atoms with Crippen molar-refractivity contribution in [1.29, 1.82) is 0 Å². The molecule has 294 valence electrons. The van der Waals surface area contributed by atoms with Crippen molar-refractivity contribution in [3.63, 3.8) is 0 Å². The van der Waals surface area contributed by atoms with Crippen molar-refractivity contribution in [2.45, 2.75) is 11.8 Å². The van der Waals surface area contributed by atoms with Crippen molar-refractivity contribution in [3.05, 3.63) is 216 Å². The Morgan fingerprint density at radius 2 is 1.00 bits per heavy atom. The number of benzene rings is 6. The minimum absolute atomic E-state index is 0.0238. The Bertz CT molecular complexity index is 2830. The first kappa shape index (κ1) is 39.6. The summed E-state index contributed by atoms with van der Waals surface area (Å²) in [6.07, 6.45) is 1.86. The molecule has 1 aliphatic carbocycles. The zero-order chi connectivity index (χ0) is 41.7. The Morgan fingerprint density at radius 1 is 0.567 bits per heavy atom. The highest BCUT2D eigenvalue weighted by atomic mass is 35.5. The van der Waals surface area contributed by atoms with Crippen molar-refractivity contribution in [3.8, 4) is 11.3 Å². The lowest BCUT2D eigenvalue weighted by atomic mass is 9.51. The van der Waals surface area contributed by atoms with E-state index in [1.54, 1.807) is 109 Å². The third-order valence-corrected chi connectivity index (χ3v) is 12.4. The van der Waals surface area contributed by atoms with Gasteiger partial charge in [0.25, 0.3) is 11.8 Å². The zero-order valence-electron chi connectivity index (χ0n) is 31.2. The van der Waals surface area contributed by atoms with Crippen LogP contribution in [-0.4, -0.2) is 26.9 Å². The first-order chi connectivity index (χ1) is 29.1. The van der Waals surface area contributed by atoms with E-state index >= 15 is 9.59 Å². The average molecular weight is 885 g/mol. The maximum atomic E-state index is 16.6. The molecule has 1 spiro atoms. The van der Waals surface area contributed by atoms with Crippen LogP contribution in [0.2, 0.25) is 20.1 Å². The number of amides is 2. The quantitative estimate of drug-likeness (QED) is 0.133. The molecule has 1 saturated heterocycles. The Labute approximate surface area is 370 Å². The van der Waals surface area contributed by atoms with Gasteiger partial charge in [0, 0.05) is 37.5 Å². The molecule has 7 aromatic rings. The molecule has 9 rings (SSSR count). The van der Waals surface area contributed by atoms with Crippen LogP contribution in [0.15, 0.2) is 163 Å². The number of thiocarbonyl (C=S) groups is 1. The lowest BCUT2D eigenvalue weighted by molar-refractivity contribution is -0.142. The predicted molar refractivity (Wildman–Crippen MR) is 245 cm³/mol. The molecule has 2 unspecified atom stereocenters. The maximum Gasteiger partial charge on any atom is 0.345 e. The molecular formula is C48H30Cl4N4O3S. The van der Waals surface area contributed by atoms with E-state index in [2.05, 4.69) is 4.98 Å². The van der Waals surface area contributed by atoms with Gasteiger partial charge in [-0.1, -0.05) is 131 Å². The summed E-state index contributed by atoms with van der Waals surface area (Å²) >= 11 is 32.1. The van der Waals surface area contributed by atoms with Gasteiger partial charge in [-0.05, 0) is 119 Å². The van der Waals surface area contributed by atoms with Gasteiger partial charge < -0.3 is 4.98 Å². The molecule has 0 radical (unpaired) electrons. The van der Waals surface area contributed by atoms with Crippen LogP contribution < -0.4 is 15.5 Å². The number of aromatic amines is 1. The topological polar surface area (TPSA) is 86.4 Å². The summed E-state index contributed by atoms with van der Waals surface area (Å²) < 4.78 is 0. The lowest BCUT2D eigenvalue weighted by Crippen LogP contribution is -2.70. The molecule has 12 heteroatoms. The maximum absolute atomic E-state index is 16.6. The third-order valence-electron chi connectivity index (χ3n) is 11.0. The van der Waals surface area contributed by atoms with E-state index < -0.39 is 34.8 Å². The van der Waals surface area contributed by atoms with Gasteiger partial charge in [0.1, 0.15) is 0 Å². The van der Waals surface area contributed by atoms with Crippen LogP contribution in [0.1, 0.15) is 39.8 Å². The van der Waals surface area contributed by atoms with Gasteiger partial charge >= 0.3 is 5.69 Å². The lowest BCUT2D eigenvalue weighted by Gasteiger charge is -2.55. The molecule has 7 nitrogen and oxygen atoms in total. The molecule has 60 heavy (non-hydrogen) atoms. The number of carbonyl (C=O) groups excluding carboxylic acids is 2. The second-order valence-electron chi connectivity index (χ2n) is 14.4. The number of allylic oxidation sites excluding steroid dienone is 1. The summed E-state index contributed by atoms with van der Waals surface area (Å²) in [5, 5.41) is 1.85. The first-order valence-corrected chi connectivity index (χ1v) is 20.7. The Kier molecular flexibility index (Phi) is 10.5. The molecule has 2 atom stereocenters. The number of carbonyl (C=O) groups is 2. The molecule has 6 aromatic carbocycles. The monoisotopic (exact) mass is 882 g/mol. The number of aromatic nitrogens is 2. The van der Waals surface area contributed by atoms with E-state index in [-0.39, 0.29) is 10.8 Å². The second-order valence-corrected chi connectivity index (χ2v) is 16.5. The largest absolute Gasteiger partial charge is 0.345 e. The number of hydrogen-bond donors (Lipinski definition) is 1. The normalized spacial score (nSPS) is 17.9. The molecule has 1 N–H and O–H groups in total. The van der Waals surface area contributed by atoms with Crippen LogP contribution in [0, 0.1) is 5.41 Å². The van der Waals surface area contributed by atoms with Crippen molar-refractivity contribution in [2.24, 2.45) is 5.41 Å². The summed E-state index contributed by atoms with van der Waals surface area (Å²) in [6, 6.07) is 46.2. The molecule has 0 saturated carbocycles. The number of halogens is 4. The van der Waals surface area contributed by atoms with Gasteiger partial charge in [0.15, 0.2) is 10.5 Å². The number of hydrogen-bond acceptors (Lipinski definition) is 5. The van der Waals surface area contributed by atoms with E-state index in [4.69, 9.17) is 63.6 Å². The number of rotatable bonds is 6.